The molecule has 0 unspecified atom stereocenters. The number of carbonyl (C=O) groups excluding carboxylic acids is 1. The van der Waals surface area contributed by atoms with Gasteiger partial charge in [-0.1, -0.05) is 17.3 Å². The van der Waals surface area contributed by atoms with Crippen molar-refractivity contribution in [3.63, 3.8) is 0 Å². The molecule has 0 fully saturated rings. The molecule has 3 heterocycles. The Morgan fingerprint density at radius 1 is 1.08 bits per heavy atom. The lowest BCUT2D eigenvalue weighted by Gasteiger charge is -2.11. The topological polar surface area (TPSA) is 86.1 Å². The predicted molar refractivity (Wildman–Crippen MR) is 95.2 cm³/mol. The van der Waals surface area contributed by atoms with Crippen molar-refractivity contribution >= 4 is 11.6 Å². The van der Waals surface area contributed by atoms with Gasteiger partial charge in [0.1, 0.15) is 0 Å². The molecule has 4 rings (SSSR count). The second-order valence-electron chi connectivity index (χ2n) is 5.86. The van der Waals surface area contributed by atoms with Crippen LogP contribution in [0.3, 0.4) is 0 Å². The van der Waals surface area contributed by atoms with Gasteiger partial charge in [-0.05, 0) is 44.2 Å². The van der Waals surface area contributed by atoms with Gasteiger partial charge in [-0.25, -0.2) is 4.68 Å². The molecule has 0 radical (unpaired) electrons. The van der Waals surface area contributed by atoms with Gasteiger partial charge in [0.25, 0.3) is 5.91 Å². The van der Waals surface area contributed by atoms with Crippen molar-refractivity contribution in [2.75, 3.05) is 5.32 Å². The quantitative estimate of drug-likeness (QED) is 0.603. The van der Waals surface area contributed by atoms with Crippen molar-refractivity contribution in [2.24, 2.45) is 0 Å². The number of para-hydroxylation sites is 2. The molecule has 0 atom stereocenters. The molecular formula is C19H16N4O3. The number of amides is 1. The van der Waals surface area contributed by atoms with E-state index in [1.54, 1.807) is 22.9 Å². The molecule has 130 valence electrons. The number of benzene rings is 1. The molecular weight excluding hydrogens is 332 g/mol. The van der Waals surface area contributed by atoms with Crippen molar-refractivity contribution in [3.8, 4) is 17.2 Å². The number of anilines is 1. The van der Waals surface area contributed by atoms with E-state index >= 15 is 0 Å². The zero-order valence-corrected chi connectivity index (χ0v) is 14.3. The molecule has 0 aliphatic rings. The number of aryl methyl sites for hydroxylation is 2. The van der Waals surface area contributed by atoms with Crippen molar-refractivity contribution in [2.45, 2.75) is 13.8 Å². The summed E-state index contributed by atoms with van der Waals surface area (Å²) in [5.41, 5.74) is 3.46. The standard InChI is InChI=1S/C19H16N4O3/c1-12-10-13(2)23(21-12)16-7-4-3-6-14(16)20-19(24)15-11-18(26-22-15)17-8-5-9-25-17/h3-11H,1-2H3,(H,20,24). The normalized spacial score (nSPS) is 10.8. The van der Waals surface area contributed by atoms with Crippen LogP contribution in [0.1, 0.15) is 21.9 Å². The zero-order valence-electron chi connectivity index (χ0n) is 14.3. The van der Waals surface area contributed by atoms with E-state index in [0.29, 0.717) is 17.2 Å². The fourth-order valence-electron chi connectivity index (χ4n) is 2.74. The van der Waals surface area contributed by atoms with Gasteiger partial charge in [0, 0.05) is 11.8 Å². The Morgan fingerprint density at radius 2 is 1.92 bits per heavy atom. The average Bonchev–Trinajstić information content (AvgIpc) is 3.35. The van der Waals surface area contributed by atoms with Crippen molar-refractivity contribution in [1.29, 1.82) is 0 Å². The maximum Gasteiger partial charge on any atom is 0.277 e. The summed E-state index contributed by atoms with van der Waals surface area (Å²) in [6.07, 6.45) is 1.53. The van der Waals surface area contributed by atoms with E-state index in [-0.39, 0.29) is 11.6 Å². The SMILES string of the molecule is Cc1cc(C)n(-c2ccccc2NC(=O)c2cc(-c3ccco3)on2)n1. The number of nitrogens with zero attached hydrogens (tertiary/aromatic N) is 3. The van der Waals surface area contributed by atoms with Crippen LogP contribution in [0.5, 0.6) is 0 Å². The Hall–Kier alpha value is -3.61. The summed E-state index contributed by atoms with van der Waals surface area (Å²) in [6, 6.07) is 14.5. The van der Waals surface area contributed by atoms with Crippen LogP contribution >= 0.6 is 0 Å². The minimum absolute atomic E-state index is 0.166. The molecule has 3 aromatic heterocycles. The number of hydrogen-bond donors (Lipinski definition) is 1. The highest BCUT2D eigenvalue weighted by molar-refractivity contribution is 6.04. The highest BCUT2D eigenvalue weighted by Gasteiger charge is 2.17. The summed E-state index contributed by atoms with van der Waals surface area (Å²) in [7, 11) is 0. The summed E-state index contributed by atoms with van der Waals surface area (Å²) in [5.74, 6) is 0.534. The van der Waals surface area contributed by atoms with Gasteiger partial charge in [-0.3, -0.25) is 4.79 Å². The Morgan fingerprint density at radius 3 is 2.65 bits per heavy atom. The number of carbonyl (C=O) groups is 1. The van der Waals surface area contributed by atoms with Crippen LogP contribution in [0.15, 0.2) is 63.7 Å². The Kier molecular flexibility index (Phi) is 3.89. The van der Waals surface area contributed by atoms with E-state index in [2.05, 4.69) is 15.6 Å². The van der Waals surface area contributed by atoms with Crippen LogP contribution in [-0.4, -0.2) is 20.8 Å². The third kappa shape index (κ3) is 2.90. The van der Waals surface area contributed by atoms with Gasteiger partial charge in [0.2, 0.25) is 5.76 Å². The van der Waals surface area contributed by atoms with Gasteiger partial charge < -0.3 is 14.3 Å². The fourth-order valence-corrected chi connectivity index (χ4v) is 2.74. The Labute approximate surface area is 149 Å². The van der Waals surface area contributed by atoms with E-state index in [4.69, 9.17) is 8.94 Å². The molecule has 0 aliphatic heterocycles. The zero-order chi connectivity index (χ0) is 18.1. The highest BCUT2D eigenvalue weighted by atomic mass is 16.5. The highest BCUT2D eigenvalue weighted by Crippen LogP contribution is 2.24. The van der Waals surface area contributed by atoms with Crippen molar-refractivity contribution in [1.82, 2.24) is 14.9 Å². The lowest BCUT2D eigenvalue weighted by atomic mass is 10.2. The first-order chi connectivity index (χ1) is 12.6. The first-order valence-electron chi connectivity index (χ1n) is 8.06. The van der Waals surface area contributed by atoms with Gasteiger partial charge in [-0.15, -0.1) is 0 Å². The smallest absolute Gasteiger partial charge is 0.277 e. The molecule has 7 nitrogen and oxygen atoms in total. The maximum atomic E-state index is 12.6. The fraction of sp³-hybridized carbons (Fsp3) is 0.105. The van der Waals surface area contributed by atoms with Gasteiger partial charge >= 0.3 is 0 Å². The first-order valence-corrected chi connectivity index (χ1v) is 8.06. The largest absolute Gasteiger partial charge is 0.461 e. The Balaban J connectivity index is 1.62. The molecule has 26 heavy (non-hydrogen) atoms. The van der Waals surface area contributed by atoms with E-state index in [1.165, 1.54) is 6.26 Å². The molecule has 1 N–H and O–H groups in total. The minimum atomic E-state index is -0.375. The third-order valence-electron chi connectivity index (χ3n) is 3.90. The van der Waals surface area contributed by atoms with Crippen LogP contribution in [-0.2, 0) is 0 Å². The van der Waals surface area contributed by atoms with Gasteiger partial charge in [0.15, 0.2) is 11.5 Å². The minimum Gasteiger partial charge on any atom is -0.461 e. The number of hydrogen-bond acceptors (Lipinski definition) is 5. The summed E-state index contributed by atoms with van der Waals surface area (Å²) in [4.78, 5) is 12.6. The molecule has 1 amide bonds. The summed E-state index contributed by atoms with van der Waals surface area (Å²) in [5, 5.41) is 11.2. The van der Waals surface area contributed by atoms with E-state index < -0.39 is 0 Å². The third-order valence-corrected chi connectivity index (χ3v) is 3.90. The lowest BCUT2D eigenvalue weighted by molar-refractivity contribution is 0.101. The van der Waals surface area contributed by atoms with Crippen LogP contribution < -0.4 is 5.32 Å². The number of nitrogens with one attached hydrogen (secondary N) is 1. The van der Waals surface area contributed by atoms with Crippen LogP contribution in [0.25, 0.3) is 17.2 Å². The predicted octanol–water partition coefficient (Wildman–Crippen LogP) is 3.99. The molecule has 0 saturated heterocycles. The summed E-state index contributed by atoms with van der Waals surface area (Å²) >= 11 is 0. The number of furan rings is 1. The van der Waals surface area contributed by atoms with E-state index in [9.17, 15) is 4.79 Å². The van der Waals surface area contributed by atoms with Gasteiger partial charge in [0.05, 0.1) is 23.3 Å². The molecule has 0 bridgehead atoms. The maximum absolute atomic E-state index is 12.6. The summed E-state index contributed by atoms with van der Waals surface area (Å²) in [6.45, 7) is 3.89. The second-order valence-corrected chi connectivity index (χ2v) is 5.86. The average molecular weight is 348 g/mol. The Bertz CT molecular complexity index is 1060. The van der Waals surface area contributed by atoms with Crippen molar-refractivity contribution < 1.29 is 13.7 Å². The number of rotatable bonds is 4. The monoisotopic (exact) mass is 348 g/mol. The van der Waals surface area contributed by atoms with Crippen molar-refractivity contribution in [3.05, 3.63) is 71.9 Å². The second kappa shape index (κ2) is 6.36. The number of aromatic nitrogens is 3. The van der Waals surface area contributed by atoms with E-state index in [0.717, 1.165) is 17.1 Å². The molecule has 0 spiro atoms. The molecule has 7 heteroatoms. The summed E-state index contributed by atoms with van der Waals surface area (Å²) < 4.78 is 12.2. The van der Waals surface area contributed by atoms with Crippen LogP contribution in [0.2, 0.25) is 0 Å². The first kappa shape index (κ1) is 15.9. The molecule has 0 aliphatic carbocycles. The molecule has 1 aromatic carbocycles. The van der Waals surface area contributed by atoms with Crippen LogP contribution in [0, 0.1) is 13.8 Å². The molecule has 0 saturated carbocycles. The lowest BCUT2D eigenvalue weighted by Crippen LogP contribution is -2.14. The molecule has 4 aromatic rings. The van der Waals surface area contributed by atoms with E-state index in [1.807, 2.05) is 44.2 Å². The van der Waals surface area contributed by atoms with Crippen LogP contribution in [0.4, 0.5) is 5.69 Å². The van der Waals surface area contributed by atoms with Gasteiger partial charge in [-0.2, -0.15) is 5.10 Å².